The summed E-state index contributed by atoms with van der Waals surface area (Å²) in [6.45, 7) is 5.05. The summed E-state index contributed by atoms with van der Waals surface area (Å²) >= 11 is 0. The number of hydrogen-bond acceptors (Lipinski definition) is 3. The monoisotopic (exact) mass is 309 g/mol. The van der Waals surface area contributed by atoms with Crippen LogP contribution in [-0.2, 0) is 22.0 Å². The van der Waals surface area contributed by atoms with Crippen LogP contribution in [0, 0.1) is 0 Å². The molecule has 4 heteroatoms. The molecule has 4 unspecified atom stereocenters. The van der Waals surface area contributed by atoms with Gasteiger partial charge in [0.15, 0.2) is 0 Å². The van der Waals surface area contributed by atoms with Gasteiger partial charge in [-0.1, -0.05) is 31.2 Å². The second-order valence-corrected chi connectivity index (χ2v) is 7.59. The lowest BCUT2D eigenvalue weighted by Gasteiger charge is -2.24. The first-order valence-electron chi connectivity index (χ1n) is 7.90. The maximum atomic E-state index is 12.6. The number of nitrogens with one attached hydrogen (secondary N) is 1. The van der Waals surface area contributed by atoms with Crippen molar-refractivity contribution >= 4 is 10.8 Å². The predicted octanol–water partition coefficient (Wildman–Crippen LogP) is 2.83. The van der Waals surface area contributed by atoms with E-state index in [1.807, 2.05) is 7.05 Å². The van der Waals surface area contributed by atoms with E-state index in [2.05, 4.69) is 43.4 Å². The minimum absolute atomic E-state index is 0.0756. The summed E-state index contributed by atoms with van der Waals surface area (Å²) in [5.41, 5.74) is 2.55. The molecule has 0 aliphatic carbocycles. The van der Waals surface area contributed by atoms with E-state index in [1.54, 1.807) is 0 Å². The highest BCUT2D eigenvalue weighted by molar-refractivity contribution is 7.85. The van der Waals surface area contributed by atoms with Gasteiger partial charge in [0.25, 0.3) is 0 Å². The summed E-state index contributed by atoms with van der Waals surface area (Å²) in [6, 6.07) is 8.75. The molecule has 1 aromatic rings. The summed E-state index contributed by atoms with van der Waals surface area (Å²) in [4.78, 5) is 0. The third-order valence-corrected chi connectivity index (χ3v) is 6.12. The molecular weight excluding hydrogens is 282 g/mol. The van der Waals surface area contributed by atoms with Crippen molar-refractivity contribution in [3.63, 3.8) is 0 Å². The molecule has 0 saturated carbocycles. The van der Waals surface area contributed by atoms with E-state index in [1.165, 1.54) is 11.1 Å². The van der Waals surface area contributed by atoms with Gasteiger partial charge in [-0.05, 0) is 44.4 Å². The van der Waals surface area contributed by atoms with Gasteiger partial charge in [0, 0.05) is 23.4 Å². The van der Waals surface area contributed by atoms with Crippen molar-refractivity contribution in [3.8, 4) is 0 Å². The molecule has 1 aliphatic rings. The van der Waals surface area contributed by atoms with Gasteiger partial charge in [-0.25, -0.2) is 0 Å². The molecule has 0 amide bonds. The number of hydrogen-bond donors (Lipinski definition) is 1. The Bertz CT molecular complexity index is 454. The quantitative estimate of drug-likeness (QED) is 0.842. The van der Waals surface area contributed by atoms with E-state index in [9.17, 15) is 4.21 Å². The summed E-state index contributed by atoms with van der Waals surface area (Å²) in [6.07, 6.45) is 3.39. The van der Waals surface area contributed by atoms with Crippen LogP contribution in [0.3, 0.4) is 0 Å². The van der Waals surface area contributed by atoms with Crippen LogP contribution in [0.2, 0.25) is 0 Å². The van der Waals surface area contributed by atoms with Crippen LogP contribution in [-0.4, -0.2) is 35.0 Å². The van der Waals surface area contributed by atoms with Crippen molar-refractivity contribution in [2.24, 2.45) is 0 Å². The number of benzene rings is 1. The predicted molar refractivity (Wildman–Crippen MR) is 89.1 cm³/mol. The van der Waals surface area contributed by atoms with E-state index in [0.717, 1.165) is 25.9 Å². The maximum absolute atomic E-state index is 12.6. The molecule has 0 spiro atoms. The molecule has 1 saturated heterocycles. The first-order chi connectivity index (χ1) is 10.2. The molecule has 1 N–H and O–H groups in total. The Kier molecular flexibility index (Phi) is 6.40. The second-order valence-electron chi connectivity index (χ2n) is 5.75. The van der Waals surface area contributed by atoms with Crippen molar-refractivity contribution in [2.45, 2.75) is 50.5 Å². The summed E-state index contributed by atoms with van der Waals surface area (Å²) < 4.78 is 18.2. The van der Waals surface area contributed by atoms with Crippen molar-refractivity contribution in [3.05, 3.63) is 35.4 Å². The molecule has 2 rings (SSSR count). The third-order valence-electron chi connectivity index (χ3n) is 4.32. The average Bonchev–Trinajstić information content (AvgIpc) is 3.01. The van der Waals surface area contributed by atoms with E-state index in [-0.39, 0.29) is 17.4 Å². The fourth-order valence-electron chi connectivity index (χ4n) is 2.90. The van der Waals surface area contributed by atoms with Crippen LogP contribution in [0.25, 0.3) is 0 Å². The Labute approximate surface area is 130 Å². The Morgan fingerprint density at radius 3 is 2.62 bits per heavy atom. The van der Waals surface area contributed by atoms with Crippen molar-refractivity contribution < 1.29 is 8.95 Å². The van der Waals surface area contributed by atoms with Gasteiger partial charge in [-0.3, -0.25) is 4.21 Å². The van der Waals surface area contributed by atoms with Gasteiger partial charge in [-0.2, -0.15) is 0 Å². The van der Waals surface area contributed by atoms with E-state index in [4.69, 9.17) is 4.74 Å². The zero-order chi connectivity index (χ0) is 15.2. The average molecular weight is 309 g/mol. The van der Waals surface area contributed by atoms with E-state index in [0.29, 0.717) is 5.75 Å². The fraction of sp³-hybridized carbons (Fsp3) is 0.647. The van der Waals surface area contributed by atoms with Crippen molar-refractivity contribution in [1.29, 1.82) is 0 Å². The molecule has 0 aromatic heterocycles. The Morgan fingerprint density at radius 1 is 1.38 bits per heavy atom. The fourth-order valence-corrected chi connectivity index (χ4v) is 4.43. The molecule has 21 heavy (non-hydrogen) atoms. The largest absolute Gasteiger partial charge is 0.377 e. The number of aryl methyl sites for hydroxylation is 1. The highest BCUT2D eigenvalue weighted by Gasteiger charge is 2.26. The van der Waals surface area contributed by atoms with Gasteiger partial charge in [0.1, 0.15) is 0 Å². The third kappa shape index (κ3) is 4.38. The standard InChI is InChI=1S/C17H27NO2S/c1-4-14-7-9-15(10-8-14)17(18-3)13(2)21(19)12-16-6-5-11-20-16/h7-10,13,16-18H,4-6,11-12H2,1-3H3. The molecule has 1 aliphatic heterocycles. The maximum Gasteiger partial charge on any atom is 0.0691 e. The lowest BCUT2D eigenvalue weighted by atomic mass is 10.0. The normalized spacial score (nSPS) is 22.9. The van der Waals surface area contributed by atoms with Gasteiger partial charge in [-0.15, -0.1) is 0 Å². The molecule has 1 heterocycles. The van der Waals surface area contributed by atoms with Gasteiger partial charge in [0.05, 0.1) is 17.1 Å². The zero-order valence-corrected chi connectivity index (χ0v) is 14.1. The molecule has 1 aromatic carbocycles. The van der Waals surface area contributed by atoms with E-state index >= 15 is 0 Å². The Balaban J connectivity index is 2.02. The molecule has 0 radical (unpaired) electrons. The SMILES string of the molecule is CCc1ccc(C(NC)C(C)S(=O)CC2CCCO2)cc1. The molecule has 4 atom stereocenters. The van der Waals surface area contributed by atoms with E-state index < -0.39 is 10.8 Å². The molecule has 118 valence electrons. The van der Waals surface area contributed by atoms with Crippen LogP contribution in [0.4, 0.5) is 0 Å². The highest BCUT2D eigenvalue weighted by atomic mass is 32.2. The van der Waals surface area contributed by atoms with Gasteiger partial charge >= 0.3 is 0 Å². The van der Waals surface area contributed by atoms with Gasteiger partial charge in [0.2, 0.25) is 0 Å². The van der Waals surface area contributed by atoms with Crippen LogP contribution < -0.4 is 5.32 Å². The van der Waals surface area contributed by atoms with Crippen LogP contribution in [0.1, 0.15) is 43.9 Å². The summed E-state index contributed by atoms with van der Waals surface area (Å²) in [7, 11) is 1.06. The van der Waals surface area contributed by atoms with Crippen LogP contribution in [0.5, 0.6) is 0 Å². The highest BCUT2D eigenvalue weighted by Crippen LogP contribution is 2.23. The smallest absolute Gasteiger partial charge is 0.0691 e. The molecule has 0 bridgehead atoms. The lowest BCUT2D eigenvalue weighted by molar-refractivity contribution is 0.128. The Hall–Kier alpha value is -0.710. The zero-order valence-electron chi connectivity index (χ0n) is 13.3. The number of ether oxygens (including phenoxy) is 1. The first kappa shape index (κ1) is 16.7. The molecule has 3 nitrogen and oxygen atoms in total. The molecule has 1 fully saturated rings. The first-order valence-corrected chi connectivity index (χ1v) is 9.28. The van der Waals surface area contributed by atoms with Gasteiger partial charge < -0.3 is 10.1 Å². The van der Waals surface area contributed by atoms with Crippen molar-refractivity contribution in [2.75, 3.05) is 19.4 Å². The van der Waals surface area contributed by atoms with Crippen LogP contribution in [0.15, 0.2) is 24.3 Å². The topological polar surface area (TPSA) is 38.3 Å². The summed E-state index contributed by atoms with van der Waals surface area (Å²) in [5.74, 6) is 0.659. The number of rotatable bonds is 7. The second kappa shape index (κ2) is 8.06. The van der Waals surface area contributed by atoms with Crippen LogP contribution >= 0.6 is 0 Å². The Morgan fingerprint density at radius 2 is 2.10 bits per heavy atom. The lowest BCUT2D eigenvalue weighted by Crippen LogP contribution is -2.33. The van der Waals surface area contributed by atoms with Crippen molar-refractivity contribution in [1.82, 2.24) is 5.32 Å². The summed E-state index contributed by atoms with van der Waals surface area (Å²) in [5, 5.41) is 3.40. The minimum Gasteiger partial charge on any atom is -0.377 e. The molecular formula is C17H27NO2S. The minimum atomic E-state index is -0.880.